The molecule has 7 aromatic rings. The normalized spacial score (nSPS) is 21.2. The van der Waals surface area contributed by atoms with Crippen molar-refractivity contribution in [3.8, 4) is 22.3 Å². The highest BCUT2D eigenvalue weighted by Gasteiger charge is 2.42. The molecule has 3 atom stereocenters. The van der Waals surface area contributed by atoms with Crippen molar-refractivity contribution in [3.05, 3.63) is 155 Å². The standard InChI is InChI=1S/C43H30S3/c1-43-22-7-6-21-39(43)46-42-31(15-10-18-36(42)43)28-24-26(29-13-8-16-34-32-11-2-4-19-37(32)44-40(29)34)23-27(25-28)30-14-9-17-35-33-12-3-5-20-38(33)45-41(30)35/h2-13,15-25,30,39H,14H2,1H3. The van der Waals surface area contributed by atoms with Crippen molar-refractivity contribution < 1.29 is 0 Å². The van der Waals surface area contributed by atoms with Gasteiger partial charge in [-0.3, -0.25) is 0 Å². The van der Waals surface area contributed by atoms with E-state index in [1.807, 2.05) is 34.4 Å². The molecule has 220 valence electrons. The van der Waals surface area contributed by atoms with Gasteiger partial charge in [-0.15, -0.1) is 34.4 Å². The Labute approximate surface area is 281 Å². The monoisotopic (exact) mass is 642 g/mol. The third-order valence-electron chi connectivity index (χ3n) is 10.3. The van der Waals surface area contributed by atoms with Crippen molar-refractivity contribution in [3.63, 3.8) is 0 Å². The largest absolute Gasteiger partial charge is 0.139 e. The van der Waals surface area contributed by atoms with Crippen molar-refractivity contribution in [2.24, 2.45) is 0 Å². The SMILES string of the molecule is CC12C=CC=CC1Sc1c(-c3cc(-c4cccc5c4sc4ccccc45)cc(C4CC=Cc5c4sc4ccccc54)c3)cccc12. The Hall–Kier alpha value is -4.15. The zero-order valence-electron chi connectivity index (χ0n) is 25.4. The average molecular weight is 643 g/mol. The molecule has 46 heavy (non-hydrogen) atoms. The zero-order valence-corrected chi connectivity index (χ0v) is 27.8. The second-order valence-electron chi connectivity index (χ2n) is 12.9. The van der Waals surface area contributed by atoms with Crippen LogP contribution in [-0.2, 0) is 5.41 Å². The number of hydrogen-bond donors (Lipinski definition) is 0. The molecule has 3 unspecified atom stereocenters. The maximum atomic E-state index is 2.51. The molecule has 1 aliphatic heterocycles. The lowest BCUT2D eigenvalue weighted by Crippen LogP contribution is -2.28. The molecule has 0 N–H and O–H groups in total. The number of fused-ring (bicyclic) bond motifs is 9. The molecular weight excluding hydrogens is 613 g/mol. The van der Waals surface area contributed by atoms with Gasteiger partial charge in [0.15, 0.2) is 0 Å². The van der Waals surface area contributed by atoms with Crippen LogP contribution in [0.3, 0.4) is 0 Å². The minimum absolute atomic E-state index is 0.0218. The Morgan fingerprint density at radius 2 is 1.43 bits per heavy atom. The summed E-state index contributed by atoms with van der Waals surface area (Å²) in [7, 11) is 0. The summed E-state index contributed by atoms with van der Waals surface area (Å²) in [5, 5.41) is 4.50. The van der Waals surface area contributed by atoms with Gasteiger partial charge in [0.25, 0.3) is 0 Å². The first-order valence-corrected chi connectivity index (χ1v) is 18.6. The molecule has 5 aromatic carbocycles. The van der Waals surface area contributed by atoms with E-state index in [1.54, 1.807) is 0 Å². The summed E-state index contributed by atoms with van der Waals surface area (Å²) in [5.74, 6) is 0.327. The fourth-order valence-electron chi connectivity index (χ4n) is 7.93. The topological polar surface area (TPSA) is 0 Å². The van der Waals surface area contributed by atoms with Crippen LogP contribution in [0.5, 0.6) is 0 Å². The highest BCUT2D eigenvalue weighted by molar-refractivity contribution is 8.00. The van der Waals surface area contributed by atoms with E-state index in [0.29, 0.717) is 11.2 Å². The van der Waals surface area contributed by atoms with E-state index in [-0.39, 0.29) is 5.41 Å². The van der Waals surface area contributed by atoms with Crippen LogP contribution in [0.15, 0.2) is 138 Å². The van der Waals surface area contributed by atoms with E-state index in [4.69, 9.17) is 0 Å². The van der Waals surface area contributed by atoms with E-state index in [2.05, 4.69) is 147 Å². The molecule has 0 spiro atoms. The zero-order chi connectivity index (χ0) is 30.4. The molecule has 3 aliphatic rings. The predicted octanol–water partition coefficient (Wildman–Crippen LogP) is 13.0. The van der Waals surface area contributed by atoms with Gasteiger partial charge < -0.3 is 0 Å². The minimum Gasteiger partial charge on any atom is -0.139 e. The molecule has 2 aliphatic carbocycles. The third kappa shape index (κ3) is 3.92. The van der Waals surface area contributed by atoms with Gasteiger partial charge in [0.2, 0.25) is 0 Å². The van der Waals surface area contributed by atoms with Gasteiger partial charge in [0, 0.05) is 51.2 Å². The molecule has 0 radical (unpaired) electrons. The number of thiophene rings is 2. The first-order valence-electron chi connectivity index (χ1n) is 16.1. The lowest BCUT2D eigenvalue weighted by atomic mass is 9.76. The first kappa shape index (κ1) is 27.0. The maximum Gasteiger partial charge on any atom is 0.0433 e. The van der Waals surface area contributed by atoms with Gasteiger partial charge >= 0.3 is 0 Å². The molecule has 0 nitrogen and oxygen atoms in total. The van der Waals surface area contributed by atoms with Crippen LogP contribution < -0.4 is 0 Å². The Kier molecular flexibility index (Phi) is 5.97. The number of rotatable bonds is 3. The summed E-state index contributed by atoms with van der Waals surface area (Å²) in [5.41, 5.74) is 9.60. The summed E-state index contributed by atoms with van der Waals surface area (Å²) < 4.78 is 4.10. The van der Waals surface area contributed by atoms with Crippen molar-refractivity contribution in [1.29, 1.82) is 0 Å². The highest BCUT2D eigenvalue weighted by atomic mass is 32.2. The molecule has 0 fully saturated rings. The summed E-state index contributed by atoms with van der Waals surface area (Å²) in [6.45, 7) is 2.40. The number of allylic oxidation sites excluding steroid dienone is 4. The first-order chi connectivity index (χ1) is 22.7. The van der Waals surface area contributed by atoms with Crippen molar-refractivity contribution >= 4 is 70.8 Å². The van der Waals surface area contributed by atoms with E-state index in [0.717, 1.165) is 6.42 Å². The molecular formula is C43H30S3. The van der Waals surface area contributed by atoms with Gasteiger partial charge in [0.1, 0.15) is 0 Å². The molecule has 0 saturated heterocycles. The molecule has 10 rings (SSSR count). The summed E-state index contributed by atoms with van der Waals surface area (Å²) in [6, 6.07) is 39.1. The second-order valence-corrected chi connectivity index (χ2v) is 16.2. The van der Waals surface area contributed by atoms with Gasteiger partial charge in [-0.25, -0.2) is 0 Å². The van der Waals surface area contributed by atoms with Crippen LogP contribution in [0.4, 0.5) is 0 Å². The number of benzene rings is 5. The van der Waals surface area contributed by atoms with Gasteiger partial charge in [-0.05, 0) is 69.0 Å². The van der Waals surface area contributed by atoms with E-state index in [1.165, 1.54) is 79.0 Å². The molecule has 0 bridgehead atoms. The van der Waals surface area contributed by atoms with Crippen LogP contribution in [0.2, 0.25) is 0 Å². The highest BCUT2D eigenvalue weighted by Crippen LogP contribution is 2.55. The Balaban J connectivity index is 1.22. The Bertz CT molecular complexity index is 2470. The van der Waals surface area contributed by atoms with Crippen molar-refractivity contribution in [1.82, 2.24) is 0 Å². The van der Waals surface area contributed by atoms with Crippen LogP contribution in [-0.4, -0.2) is 5.25 Å². The molecule has 0 amide bonds. The van der Waals surface area contributed by atoms with Gasteiger partial charge in [-0.2, -0.15) is 0 Å². The van der Waals surface area contributed by atoms with E-state index >= 15 is 0 Å². The fourth-order valence-corrected chi connectivity index (χ4v) is 12.1. The molecule has 3 heterocycles. The Morgan fingerprint density at radius 1 is 0.696 bits per heavy atom. The summed E-state index contributed by atoms with van der Waals surface area (Å²) in [4.78, 5) is 2.92. The second kappa shape index (κ2) is 10.2. The summed E-state index contributed by atoms with van der Waals surface area (Å²) in [6.07, 6.45) is 15.0. The smallest absolute Gasteiger partial charge is 0.0433 e. The molecule has 0 saturated carbocycles. The van der Waals surface area contributed by atoms with E-state index < -0.39 is 0 Å². The van der Waals surface area contributed by atoms with Crippen LogP contribution in [0.1, 0.15) is 40.8 Å². The van der Waals surface area contributed by atoms with Crippen molar-refractivity contribution in [2.45, 2.75) is 34.8 Å². The van der Waals surface area contributed by atoms with Crippen LogP contribution >= 0.6 is 34.4 Å². The Morgan fingerprint density at radius 3 is 2.33 bits per heavy atom. The van der Waals surface area contributed by atoms with Crippen molar-refractivity contribution in [2.75, 3.05) is 0 Å². The predicted molar refractivity (Wildman–Crippen MR) is 203 cm³/mol. The number of thioether (sulfide) groups is 1. The molecule has 3 heteroatoms. The number of hydrogen-bond acceptors (Lipinski definition) is 3. The minimum atomic E-state index is 0.0218. The molecule has 2 aromatic heterocycles. The van der Waals surface area contributed by atoms with Crippen LogP contribution in [0.25, 0.3) is 58.6 Å². The lowest BCUT2D eigenvalue weighted by Gasteiger charge is -2.28. The quantitative estimate of drug-likeness (QED) is 0.185. The maximum absolute atomic E-state index is 2.51. The lowest BCUT2D eigenvalue weighted by molar-refractivity contribution is 0.620. The van der Waals surface area contributed by atoms with Crippen LogP contribution in [0, 0.1) is 0 Å². The fraction of sp³-hybridized carbons (Fsp3) is 0.116. The van der Waals surface area contributed by atoms with Gasteiger partial charge in [-0.1, -0.05) is 128 Å². The summed E-state index contributed by atoms with van der Waals surface area (Å²) >= 11 is 5.93. The van der Waals surface area contributed by atoms with E-state index in [9.17, 15) is 0 Å². The average Bonchev–Trinajstić information content (AvgIpc) is 3.77. The third-order valence-corrected chi connectivity index (χ3v) is 14.4. The van der Waals surface area contributed by atoms with Gasteiger partial charge in [0.05, 0.1) is 0 Å².